The van der Waals surface area contributed by atoms with E-state index in [9.17, 15) is 18.0 Å². The minimum atomic E-state index is -2.98. The van der Waals surface area contributed by atoms with E-state index in [1.165, 1.54) is 6.92 Å². The number of carbonyl (C=O) groups excluding carboxylic acids is 1. The fourth-order valence-corrected chi connectivity index (χ4v) is 1.50. The molecule has 0 aliphatic heterocycles. The average Bonchev–Trinajstić information content (AvgIpc) is 2.27. The molecule has 0 saturated heterocycles. The van der Waals surface area contributed by atoms with E-state index in [0.717, 1.165) is 6.07 Å². The summed E-state index contributed by atoms with van der Waals surface area (Å²) in [5.74, 6) is -2.48. The molecule has 0 bridgehead atoms. The maximum atomic E-state index is 13.0. The van der Waals surface area contributed by atoms with Crippen molar-refractivity contribution in [2.24, 2.45) is 0 Å². The zero-order chi connectivity index (χ0) is 13.0. The molecule has 0 atom stereocenters. The van der Waals surface area contributed by atoms with Crippen LogP contribution in [0.5, 0.6) is 0 Å². The fraction of sp³-hybridized carbons (Fsp3) is 0.400. The summed E-state index contributed by atoms with van der Waals surface area (Å²) in [4.78, 5) is 14.5. The first-order chi connectivity index (χ1) is 8.01. The zero-order valence-corrected chi connectivity index (χ0v) is 9.60. The Balaban J connectivity index is 3.35. The molecule has 0 fully saturated rings. The lowest BCUT2D eigenvalue weighted by Gasteiger charge is -2.11. The van der Waals surface area contributed by atoms with Gasteiger partial charge < -0.3 is 4.74 Å². The molecule has 1 aromatic rings. The smallest absolute Gasteiger partial charge is 0.357 e. The number of carbonyl (C=O) groups is 1. The lowest BCUT2D eigenvalue weighted by atomic mass is 10.1. The minimum absolute atomic E-state index is 0.0179. The Morgan fingerprint density at radius 2 is 2.24 bits per heavy atom. The monoisotopic (exact) mass is 267 g/mol. The molecule has 0 aliphatic rings. The summed E-state index contributed by atoms with van der Waals surface area (Å²) >= 11 is 5.42. The molecule has 0 unspecified atom stereocenters. The van der Waals surface area contributed by atoms with E-state index >= 15 is 0 Å². The molecule has 0 spiro atoms. The highest BCUT2D eigenvalue weighted by molar-refractivity contribution is 6.17. The van der Waals surface area contributed by atoms with Gasteiger partial charge in [-0.2, -0.15) is 4.39 Å². The van der Waals surface area contributed by atoms with Gasteiger partial charge in [-0.1, -0.05) is 0 Å². The Labute approximate surface area is 101 Å². The number of esters is 1. The highest BCUT2D eigenvalue weighted by Crippen LogP contribution is 2.28. The molecule has 1 rings (SSSR count). The number of rotatable bonds is 4. The number of ether oxygens (including phenoxy) is 1. The van der Waals surface area contributed by atoms with Crippen molar-refractivity contribution in [3.8, 4) is 0 Å². The predicted octanol–water partition coefficient (Wildman–Crippen LogP) is 3.07. The van der Waals surface area contributed by atoms with E-state index < -0.39 is 29.6 Å². The summed E-state index contributed by atoms with van der Waals surface area (Å²) in [6.45, 7) is 1.48. The van der Waals surface area contributed by atoms with Gasteiger partial charge in [-0.15, -0.1) is 11.6 Å². The average molecular weight is 268 g/mol. The van der Waals surface area contributed by atoms with Crippen LogP contribution in [0.25, 0.3) is 0 Å². The number of hydrogen-bond acceptors (Lipinski definition) is 3. The molecule has 7 heteroatoms. The van der Waals surface area contributed by atoms with E-state index in [2.05, 4.69) is 9.72 Å². The van der Waals surface area contributed by atoms with Crippen LogP contribution in [0.4, 0.5) is 13.2 Å². The van der Waals surface area contributed by atoms with Crippen molar-refractivity contribution in [2.75, 3.05) is 6.61 Å². The molecular formula is C10H9ClF3NO2. The van der Waals surface area contributed by atoms with Gasteiger partial charge in [-0.25, -0.2) is 18.6 Å². The number of aromatic nitrogens is 1. The van der Waals surface area contributed by atoms with Crippen LogP contribution in [-0.2, 0) is 10.6 Å². The first kappa shape index (κ1) is 13.8. The highest BCUT2D eigenvalue weighted by atomic mass is 35.5. The van der Waals surface area contributed by atoms with E-state index in [-0.39, 0.29) is 18.1 Å². The molecule has 1 aromatic heterocycles. The second-order valence-corrected chi connectivity index (χ2v) is 3.29. The van der Waals surface area contributed by atoms with Crippen LogP contribution in [0.3, 0.4) is 0 Å². The van der Waals surface area contributed by atoms with Gasteiger partial charge in [0, 0.05) is 5.88 Å². The van der Waals surface area contributed by atoms with Crippen molar-refractivity contribution in [1.82, 2.24) is 4.98 Å². The maximum absolute atomic E-state index is 13.0. The largest absolute Gasteiger partial charge is 0.461 e. The second kappa shape index (κ2) is 5.86. The molecule has 0 amide bonds. The third-order valence-corrected chi connectivity index (χ3v) is 2.23. The standard InChI is InChI=1S/C10H9ClF3NO2/c1-2-17-10(16)8-7(9(13)14)5(4-11)3-6(12)15-8/h3,9H,2,4H2,1H3. The Hall–Kier alpha value is -1.30. The Bertz CT molecular complexity index is 426. The normalized spacial score (nSPS) is 10.7. The first-order valence-corrected chi connectivity index (χ1v) is 5.25. The summed E-state index contributed by atoms with van der Waals surface area (Å²) in [5, 5.41) is 0. The number of alkyl halides is 3. The predicted molar refractivity (Wildman–Crippen MR) is 54.7 cm³/mol. The van der Waals surface area contributed by atoms with Gasteiger partial charge >= 0.3 is 5.97 Å². The summed E-state index contributed by atoms with van der Waals surface area (Å²) in [6, 6.07) is 0.775. The summed E-state index contributed by atoms with van der Waals surface area (Å²) < 4.78 is 43.1. The van der Waals surface area contributed by atoms with Crippen molar-refractivity contribution in [2.45, 2.75) is 19.2 Å². The first-order valence-electron chi connectivity index (χ1n) is 4.71. The number of pyridine rings is 1. The van der Waals surface area contributed by atoms with Gasteiger partial charge in [0.1, 0.15) is 0 Å². The van der Waals surface area contributed by atoms with Crippen LogP contribution in [0, 0.1) is 5.95 Å². The summed E-state index contributed by atoms with van der Waals surface area (Å²) in [7, 11) is 0. The van der Waals surface area contributed by atoms with Crippen molar-refractivity contribution >= 4 is 17.6 Å². The van der Waals surface area contributed by atoms with Gasteiger partial charge in [0.25, 0.3) is 6.43 Å². The van der Waals surface area contributed by atoms with E-state index in [0.29, 0.717) is 0 Å². The quantitative estimate of drug-likeness (QED) is 0.478. The molecule has 0 N–H and O–H groups in total. The molecule has 0 saturated carbocycles. The van der Waals surface area contributed by atoms with Crippen LogP contribution in [0.15, 0.2) is 6.07 Å². The van der Waals surface area contributed by atoms with Crippen molar-refractivity contribution < 1.29 is 22.7 Å². The summed E-state index contributed by atoms with van der Waals surface area (Å²) in [6.07, 6.45) is -2.98. The van der Waals surface area contributed by atoms with Gasteiger partial charge in [0.15, 0.2) is 5.69 Å². The lowest BCUT2D eigenvalue weighted by molar-refractivity contribution is 0.0505. The summed E-state index contributed by atoms with van der Waals surface area (Å²) in [5.41, 5.74) is -1.57. The van der Waals surface area contributed by atoms with Crippen LogP contribution < -0.4 is 0 Å². The molecule has 0 aromatic carbocycles. The number of nitrogens with zero attached hydrogens (tertiary/aromatic N) is 1. The van der Waals surface area contributed by atoms with Gasteiger partial charge in [-0.05, 0) is 18.6 Å². The third kappa shape index (κ3) is 3.09. The van der Waals surface area contributed by atoms with E-state index in [1.807, 2.05) is 0 Å². The van der Waals surface area contributed by atoms with Crippen LogP contribution in [0.2, 0.25) is 0 Å². The van der Waals surface area contributed by atoms with Crippen LogP contribution in [0.1, 0.15) is 35.0 Å². The van der Waals surface area contributed by atoms with Crippen LogP contribution in [-0.4, -0.2) is 17.6 Å². The van der Waals surface area contributed by atoms with Crippen molar-refractivity contribution in [1.29, 1.82) is 0 Å². The molecule has 3 nitrogen and oxygen atoms in total. The van der Waals surface area contributed by atoms with Crippen molar-refractivity contribution in [3.63, 3.8) is 0 Å². The molecular weight excluding hydrogens is 259 g/mol. The van der Waals surface area contributed by atoms with Gasteiger partial charge in [0.2, 0.25) is 5.95 Å². The third-order valence-electron chi connectivity index (χ3n) is 1.94. The topological polar surface area (TPSA) is 39.2 Å². The zero-order valence-electron chi connectivity index (χ0n) is 8.84. The molecule has 94 valence electrons. The van der Waals surface area contributed by atoms with Gasteiger partial charge in [-0.3, -0.25) is 0 Å². The molecule has 1 heterocycles. The SMILES string of the molecule is CCOC(=O)c1nc(F)cc(CCl)c1C(F)F. The Morgan fingerprint density at radius 1 is 1.59 bits per heavy atom. The highest BCUT2D eigenvalue weighted by Gasteiger charge is 2.25. The maximum Gasteiger partial charge on any atom is 0.357 e. The number of halogens is 4. The fourth-order valence-electron chi connectivity index (χ4n) is 1.28. The Morgan fingerprint density at radius 3 is 2.71 bits per heavy atom. The van der Waals surface area contributed by atoms with Gasteiger partial charge in [0.05, 0.1) is 12.2 Å². The molecule has 0 radical (unpaired) electrons. The Kier molecular flexibility index (Phi) is 4.74. The second-order valence-electron chi connectivity index (χ2n) is 3.02. The molecule has 17 heavy (non-hydrogen) atoms. The molecule has 0 aliphatic carbocycles. The van der Waals surface area contributed by atoms with E-state index in [1.54, 1.807) is 0 Å². The van der Waals surface area contributed by atoms with E-state index in [4.69, 9.17) is 11.6 Å². The lowest BCUT2D eigenvalue weighted by Crippen LogP contribution is -2.14. The number of hydrogen-bond donors (Lipinski definition) is 0. The van der Waals surface area contributed by atoms with Crippen molar-refractivity contribution in [3.05, 3.63) is 28.8 Å². The van der Waals surface area contributed by atoms with Crippen LogP contribution >= 0.6 is 11.6 Å². The minimum Gasteiger partial charge on any atom is -0.461 e.